The molecule has 1 aromatic heterocycles. The first-order chi connectivity index (χ1) is 14.8. The number of furan rings is 1. The maximum absolute atomic E-state index is 12.3. The summed E-state index contributed by atoms with van der Waals surface area (Å²) in [5.74, 6) is 0.509. The van der Waals surface area contributed by atoms with Crippen LogP contribution in [0.15, 0.2) is 62.8 Å². The molecule has 0 unspecified atom stereocenters. The van der Waals surface area contributed by atoms with Gasteiger partial charge in [0.1, 0.15) is 17.2 Å². The van der Waals surface area contributed by atoms with Crippen molar-refractivity contribution in [2.75, 3.05) is 0 Å². The Morgan fingerprint density at radius 3 is 2.71 bits per heavy atom. The van der Waals surface area contributed by atoms with E-state index < -0.39 is 10.8 Å². The van der Waals surface area contributed by atoms with E-state index in [4.69, 9.17) is 39.2 Å². The van der Waals surface area contributed by atoms with Gasteiger partial charge in [-0.1, -0.05) is 40.9 Å². The van der Waals surface area contributed by atoms with Gasteiger partial charge in [-0.05, 0) is 48.2 Å². The number of rotatable bonds is 4. The number of benzene rings is 2. The van der Waals surface area contributed by atoms with Crippen LogP contribution < -0.4 is 5.32 Å². The highest BCUT2D eigenvalue weighted by atomic mass is 35.5. The van der Waals surface area contributed by atoms with E-state index in [0.717, 1.165) is 11.8 Å². The Kier molecular flexibility index (Phi) is 6.06. The monoisotopic (exact) mass is 493 g/mol. The number of nitro groups is 1. The highest BCUT2D eigenvalue weighted by molar-refractivity contribution is 8.18. The van der Waals surface area contributed by atoms with Crippen LogP contribution in [0, 0.1) is 10.1 Å². The highest BCUT2D eigenvalue weighted by Crippen LogP contribution is 2.36. The number of thioether (sulfide) groups is 1. The van der Waals surface area contributed by atoms with Crippen molar-refractivity contribution in [1.82, 2.24) is 5.32 Å². The molecule has 7 nitrogen and oxygen atoms in total. The van der Waals surface area contributed by atoms with Gasteiger partial charge in [0.25, 0.3) is 11.6 Å². The first-order valence-electron chi connectivity index (χ1n) is 8.59. The van der Waals surface area contributed by atoms with E-state index in [1.54, 1.807) is 36.4 Å². The van der Waals surface area contributed by atoms with E-state index in [0.29, 0.717) is 32.0 Å². The van der Waals surface area contributed by atoms with Crippen LogP contribution in [0.2, 0.25) is 15.1 Å². The minimum absolute atomic E-state index is 0.0781. The molecule has 2 heterocycles. The topological polar surface area (TPSA) is 97.7 Å². The lowest BCUT2D eigenvalue weighted by Crippen LogP contribution is -2.19. The zero-order chi connectivity index (χ0) is 22.1. The molecular formula is C20H10Cl3N3O4S. The van der Waals surface area contributed by atoms with E-state index in [1.165, 1.54) is 18.2 Å². The van der Waals surface area contributed by atoms with Crippen LogP contribution in [0.25, 0.3) is 17.4 Å². The summed E-state index contributed by atoms with van der Waals surface area (Å²) in [6.07, 6.45) is 1.54. The largest absolute Gasteiger partial charge is 0.457 e. The lowest BCUT2D eigenvalue weighted by atomic mass is 10.2. The summed E-state index contributed by atoms with van der Waals surface area (Å²) in [6, 6.07) is 12.7. The van der Waals surface area contributed by atoms with Gasteiger partial charge < -0.3 is 9.73 Å². The number of nitrogens with one attached hydrogen (secondary N) is 1. The van der Waals surface area contributed by atoms with Crippen LogP contribution in [0.3, 0.4) is 0 Å². The van der Waals surface area contributed by atoms with Crippen molar-refractivity contribution in [3.63, 3.8) is 0 Å². The van der Waals surface area contributed by atoms with Crippen LogP contribution in [0.4, 0.5) is 11.4 Å². The van der Waals surface area contributed by atoms with Crippen LogP contribution in [0.5, 0.6) is 0 Å². The Balaban J connectivity index is 1.60. The van der Waals surface area contributed by atoms with Crippen LogP contribution in [-0.4, -0.2) is 16.0 Å². The van der Waals surface area contributed by atoms with Crippen molar-refractivity contribution in [3.8, 4) is 11.3 Å². The maximum atomic E-state index is 12.3. The summed E-state index contributed by atoms with van der Waals surface area (Å²) in [5, 5.41) is 15.0. The van der Waals surface area contributed by atoms with Gasteiger partial charge in [0.15, 0.2) is 5.17 Å². The van der Waals surface area contributed by atoms with E-state index in [2.05, 4.69) is 10.3 Å². The van der Waals surface area contributed by atoms with E-state index >= 15 is 0 Å². The minimum atomic E-state index is -0.588. The number of aliphatic imine (C=N–C) groups is 1. The average Bonchev–Trinajstić information content (AvgIpc) is 3.32. The van der Waals surface area contributed by atoms with Crippen molar-refractivity contribution in [1.29, 1.82) is 0 Å². The Bertz CT molecular complexity index is 1290. The summed E-state index contributed by atoms with van der Waals surface area (Å²) in [5.41, 5.74) is 0.440. The first kappa shape index (κ1) is 21.5. The van der Waals surface area contributed by atoms with Gasteiger partial charge in [0.05, 0.1) is 19.9 Å². The van der Waals surface area contributed by atoms with Gasteiger partial charge in [0, 0.05) is 22.7 Å². The number of nitro benzene ring substituents is 1. The fourth-order valence-electron chi connectivity index (χ4n) is 2.73. The van der Waals surface area contributed by atoms with Gasteiger partial charge in [-0.2, -0.15) is 0 Å². The Hall–Kier alpha value is -2.78. The van der Waals surface area contributed by atoms with Crippen molar-refractivity contribution < 1.29 is 14.1 Å². The molecule has 1 N–H and O–H groups in total. The predicted octanol–water partition coefficient (Wildman–Crippen LogP) is 6.71. The van der Waals surface area contributed by atoms with Gasteiger partial charge in [-0.25, -0.2) is 4.99 Å². The number of halogens is 3. The quantitative estimate of drug-likeness (QED) is 0.247. The smallest absolute Gasteiger partial charge is 0.296 e. The highest BCUT2D eigenvalue weighted by Gasteiger charge is 2.26. The second-order valence-electron chi connectivity index (χ2n) is 6.18. The third-order valence-electron chi connectivity index (χ3n) is 4.12. The summed E-state index contributed by atoms with van der Waals surface area (Å²) in [7, 11) is 0. The molecular weight excluding hydrogens is 485 g/mol. The molecule has 0 spiro atoms. The first-order valence-corrected chi connectivity index (χ1v) is 10.5. The molecule has 31 heavy (non-hydrogen) atoms. The molecule has 0 radical (unpaired) electrons. The molecule has 0 atom stereocenters. The molecule has 11 heteroatoms. The Morgan fingerprint density at radius 1 is 1.13 bits per heavy atom. The number of carbonyl (C=O) groups excluding carboxylic acids is 1. The second-order valence-corrected chi connectivity index (χ2v) is 8.43. The van der Waals surface area contributed by atoms with Crippen molar-refractivity contribution >= 4 is 75.1 Å². The Labute approximate surface area is 194 Å². The molecule has 1 saturated heterocycles. The standard InChI is InChI=1S/C20H10Cl3N3O4S/c21-10-4-6-14(15(8-10)26(28)29)24-20-25-19(27)17(31-20)9-11-5-7-16(30-11)12-2-1-3-13(22)18(12)23/h1-9H,(H,24,25,27)/b17-9+. The summed E-state index contributed by atoms with van der Waals surface area (Å²) >= 11 is 19.1. The number of hydrogen-bond acceptors (Lipinski definition) is 6. The molecule has 1 aliphatic heterocycles. The van der Waals surface area contributed by atoms with Crippen molar-refractivity contribution in [3.05, 3.63) is 84.4 Å². The van der Waals surface area contributed by atoms with Crippen molar-refractivity contribution in [2.45, 2.75) is 0 Å². The van der Waals surface area contributed by atoms with Crippen LogP contribution in [0.1, 0.15) is 5.76 Å². The molecule has 3 aromatic rings. The number of hydrogen-bond donors (Lipinski definition) is 1. The molecule has 2 aromatic carbocycles. The number of nitrogens with zero attached hydrogens (tertiary/aromatic N) is 2. The minimum Gasteiger partial charge on any atom is -0.457 e. The van der Waals surface area contributed by atoms with Gasteiger partial charge in [-0.15, -0.1) is 0 Å². The number of amidine groups is 1. The lowest BCUT2D eigenvalue weighted by molar-refractivity contribution is -0.384. The van der Waals surface area contributed by atoms with Gasteiger partial charge in [0.2, 0.25) is 0 Å². The van der Waals surface area contributed by atoms with Crippen molar-refractivity contribution in [2.24, 2.45) is 4.99 Å². The van der Waals surface area contributed by atoms with Crippen LogP contribution in [-0.2, 0) is 4.79 Å². The van der Waals surface area contributed by atoms with E-state index in [9.17, 15) is 14.9 Å². The van der Waals surface area contributed by atoms with Gasteiger partial charge >= 0.3 is 0 Å². The Morgan fingerprint density at radius 2 is 1.94 bits per heavy atom. The molecule has 0 aliphatic carbocycles. The lowest BCUT2D eigenvalue weighted by Gasteiger charge is -2.01. The van der Waals surface area contributed by atoms with E-state index in [1.807, 2.05) is 0 Å². The molecule has 1 fully saturated rings. The maximum Gasteiger partial charge on any atom is 0.296 e. The molecule has 1 aliphatic rings. The molecule has 1 amide bonds. The molecule has 0 bridgehead atoms. The van der Waals surface area contributed by atoms with Crippen LogP contribution >= 0.6 is 46.6 Å². The summed E-state index contributed by atoms with van der Waals surface area (Å²) in [6.45, 7) is 0. The zero-order valence-electron chi connectivity index (χ0n) is 15.3. The SMILES string of the molecule is O=C1NC(=Nc2ccc(Cl)cc2[N+](=O)[O-])S/C1=C/c1ccc(-c2cccc(Cl)c2Cl)o1. The average molecular weight is 495 g/mol. The summed E-state index contributed by atoms with van der Waals surface area (Å²) in [4.78, 5) is 27.4. The second kappa shape index (κ2) is 8.76. The number of carbonyl (C=O) groups is 1. The van der Waals surface area contributed by atoms with E-state index in [-0.39, 0.29) is 21.6 Å². The summed E-state index contributed by atoms with van der Waals surface area (Å²) < 4.78 is 5.78. The zero-order valence-corrected chi connectivity index (χ0v) is 18.3. The predicted molar refractivity (Wildman–Crippen MR) is 123 cm³/mol. The fraction of sp³-hybridized carbons (Fsp3) is 0. The molecule has 0 saturated carbocycles. The third-order valence-corrected chi connectivity index (χ3v) is 6.09. The normalized spacial score (nSPS) is 16.2. The molecule has 156 valence electrons. The third kappa shape index (κ3) is 4.62. The number of amides is 1. The fourth-order valence-corrected chi connectivity index (χ4v) is 4.10. The van der Waals surface area contributed by atoms with Gasteiger partial charge in [-0.3, -0.25) is 14.9 Å². The molecule has 4 rings (SSSR count).